The zero-order valence-electron chi connectivity index (χ0n) is 12.5. The first-order chi connectivity index (χ1) is 11.3. The molecular formula is C16H18N6O. The highest BCUT2D eigenvalue weighted by Gasteiger charge is 2.24. The number of nitrogens with zero attached hydrogens (tertiary/aromatic N) is 3. The maximum absolute atomic E-state index is 10.1. The van der Waals surface area contributed by atoms with Crippen LogP contribution in [0.15, 0.2) is 36.8 Å². The van der Waals surface area contributed by atoms with Gasteiger partial charge in [0, 0.05) is 24.5 Å². The van der Waals surface area contributed by atoms with Crippen molar-refractivity contribution in [3.8, 4) is 11.3 Å². The highest BCUT2D eigenvalue weighted by atomic mass is 16.3. The molecule has 3 aromatic heterocycles. The number of pyridine rings is 1. The monoisotopic (exact) mass is 310 g/mol. The SMILES string of the molecule is O[C@@H]1CCNC[C@H]1Nc1ncccc1-c1cnc2[nH]ccc2n1. The van der Waals surface area contributed by atoms with Crippen molar-refractivity contribution in [1.82, 2.24) is 25.3 Å². The molecule has 1 aliphatic rings. The molecule has 0 aromatic carbocycles. The normalized spacial score (nSPS) is 21.4. The number of hydrogen-bond acceptors (Lipinski definition) is 6. The highest BCUT2D eigenvalue weighted by Crippen LogP contribution is 2.26. The largest absolute Gasteiger partial charge is 0.391 e. The van der Waals surface area contributed by atoms with Gasteiger partial charge in [0.25, 0.3) is 0 Å². The van der Waals surface area contributed by atoms with Gasteiger partial charge in [0.2, 0.25) is 0 Å². The van der Waals surface area contributed by atoms with Crippen molar-refractivity contribution in [2.24, 2.45) is 0 Å². The summed E-state index contributed by atoms with van der Waals surface area (Å²) in [6.45, 7) is 1.55. The molecule has 23 heavy (non-hydrogen) atoms. The lowest BCUT2D eigenvalue weighted by molar-refractivity contribution is 0.124. The van der Waals surface area contributed by atoms with Gasteiger partial charge < -0.3 is 20.7 Å². The number of H-pyrrole nitrogens is 1. The summed E-state index contributed by atoms with van der Waals surface area (Å²) in [6, 6.07) is 5.66. The average Bonchev–Trinajstić information content (AvgIpc) is 3.05. The van der Waals surface area contributed by atoms with Crippen molar-refractivity contribution in [2.75, 3.05) is 18.4 Å². The first-order valence-electron chi connectivity index (χ1n) is 7.72. The number of nitrogens with one attached hydrogen (secondary N) is 3. The summed E-state index contributed by atoms with van der Waals surface area (Å²) >= 11 is 0. The van der Waals surface area contributed by atoms with Crippen LogP contribution in [0.5, 0.6) is 0 Å². The Bertz CT molecular complexity index is 817. The Kier molecular flexibility index (Phi) is 3.64. The van der Waals surface area contributed by atoms with Crippen molar-refractivity contribution in [3.05, 3.63) is 36.8 Å². The fourth-order valence-electron chi connectivity index (χ4n) is 2.85. The van der Waals surface area contributed by atoms with Crippen LogP contribution in [0.1, 0.15) is 6.42 Å². The van der Waals surface area contributed by atoms with Crippen LogP contribution in [0.2, 0.25) is 0 Å². The van der Waals surface area contributed by atoms with Crippen molar-refractivity contribution in [2.45, 2.75) is 18.6 Å². The molecule has 2 atom stereocenters. The van der Waals surface area contributed by atoms with E-state index in [0.29, 0.717) is 12.4 Å². The molecule has 0 saturated carbocycles. The summed E-state index contributed by atoms with van der Waals surface area (Å²) in [6.07, 6.45) is 5.63. The van der Waals surface area contributed by atoms with Crippen LogP contribution < -0.4 is 10.6 Å². The molecule has 118 valence electrons. The molecule has 0 amide bonds. The molecule has 1 saturated heterocycles. The second kappa shape index (κ2) is 5.94. The minimum atomic E-state index is -0.385. The highest BCUT2D eigenvalue weighted by molar-refractivity contribution is 5.78. The molecule has 3 aromatic rings. The number of aromatic amines is 1. The zero-order valence-corrected chi connectivity index (χ0v) is 12.5. The van der Waals surface area contributed by atoms with E-state index in [0.717, 1.165) is 35.4 Å². The summed E-state index contributed by atoms with van der Waals surface area (Å²) in [7, 11) is 0. The number of anilines is 1. The van der Waals surface area contributed by atoms with E-state index in [4.69, 9.17) is 0 Å². The average molecular weight is 310 g/mol. The maximum Gasteiger partial charge on any atom is 0.156 e. The molecule has 7 heteroatoms. The zero-order chi connectivity index (χ0) is 15.6. The molecular weight excluding hydrogens is 292 g/mol. The van der Waals surface area contributed by atoms with Gasteiger partial charge in [0.05, 0.1) is 24.0 Å². The van der Waals surface area contributed by atoms with Crippen LogP contribution in [0.25, 0.3) is 22.4 Å². The minimum absolute atomic E-state index is 0.0682. The van der Waals surface area contributed by atoms with Gasteiger partial charge in [0.15, 0.2) is 5.65 Å². The summed E-state index contributed by atoms with van der Waals surface area (Å²) in [5.74, 6) is 0.712. The third-order valence-corrected chi connectivity index (χ3v) is 4.11. The Morgan fingerprint density at radius 1 is 1.26 bits per heavy atom. The summed E-state index contributed by atoms with van der Waals surface area (Å²) < 4.78 is 0. The van der Waals surface area contributed by atoms with Gasteiger partial charge in [-0.1, -0.05) is 0 Å². The Morgan fingerprint density at radius 2 is 2.22 bits per heavy atom. The third-order valence-electron chi connectivity index (χ3n) is 4.11. The number of fused-ring (bicyclic) bond motifs is 1. The van der Waals surface area contributed by atoms with Gasteiger partial charge in [0.1, 0.15) is 11.3 Å². The summed E-state index contributed by atoms with van der Waals surface area (Å²) in [5.41, 5.74) is 3.21. The molecule has 4 rings (SSSR count). The molecule has 1 fully saturated rings. The molecule has 0 bridgehead atoms. The number of piperidine rings is 1. The molecule has 4 N–H and O–H groups in total. The first kappa shape index (κ1) is 14.1. The van der Waals surface area contributed by atoms with Crippen LogP contribution >= 0.6 is 0 Å². The first-order valence-corrected chi connectivity index (χ1v) is 7.72. The third kappa shape index (κ3) is 2.76. The van der Waals surface area contributed by atoms with Gasteiger partial charge in [-0.3, -0.25) is 0 Å². The van der Waals surface area contributed by atoms with Gasteiger partial charge in [-0.05, 0) is 31.2 Å². The lowest BCUT2D eigenvalue weighted by atomic mass is 10.0. The molecule has 0 radical (unpaired) electrons. The van der Waals surface area contributed by atoms with E-state index in [-0.39, 0.29) is 12.1 Å². The number of rotatable bonds is 3. The summed E-state index contributed by atoms with van der Waals surface area (Å²) in [4.78, 5) is 16.5. The van der Waals surface area contributed by atoms with E-state index < -0.39 is 0 Å². The standard InChI is InChI=1S/C16H18N6O/c23-14-4-6-17-8-13(14)22-15-10(2-1-5-18-15)12-9-20-16-11(21-12)3-7-19-16/h1-3,5,7,9,13-14,17,23H,4,6,8H2,(H,18,22)(H,19,20)/t13-,14-/m1/s1. The van der Waals surface area contributed by atoms with Crippen LogP contribution in [0.3, 0.4) is 0 Å². The van der Waals surface area contributed by atoms with E-state index in [1.165, 1.54) is 0 Å². The van der Waals surface area contributed by atoms with E-state index >= 15 is 0 Å². The van der Waals surface area contributed by atoms with Crippen molar-refractivity contribution in [1.29, 1.82) is 0 Å². The van der Waals surface area contributed by atoms with E-state index in [9.17, 15) is 5.11 Å². The molecule has 1 aliphatic heterocycles. The number of aromatic nitrogens is 4. The lowest BCUT2D eigenvalue weighted by Gasteiger charge is -2.30. The lowest BCUT2D eigenvalue weighted by Crippen LogP contribution is -2.48. The van der Waals surface area contributed by atoms with Crippen molar-refractivity contribution in [3.63, 3.8) is 0 Å². The quantitative estimate of drug-likeness (QED) is 0.579. The predicted molar refractivity (Wildman–Crippen MR) is 88.0 cm³/mol. The topological polar surface area (TPSA) is 98.7 Å². The Balaban J connectivity index is 1.68. The molecule has 0 unspecified atom stereocenters. The second-order valence-electron chi connectivity index (χ2n) is 5.68. The smallest absolute Gasteiger partial charge is 0.156 e. The van der Waals surface area contributed by atoms with Crippen LogP contribution in [-0.4, -0.2) is 50.3 Å². The Hall–Kier alpha value is -2.51. The van der Waals surface area contributed by atoms with Gasteiger partial charge in [-0.25, -0.2) is 15.0 Å². The minimum Gasteiger partial charge on any atom is -0.391 e. The van der Waals surface area contributed by atoms with Crippen LogP contribution in [0, 0.1) is 0 Å². The van der Waals surface area contributed by atoms with E-state index in [1.807, 2.05) is 24.4 Å². The van der Waals surface area contributed by atoms with Crippen molar-refractivity contribution >= 4 is 17.0 Å². The fourth-order valence-corrected chi connectivity index (χ4v) is 2.85. The van der Waals surface area contributed by atoms with E-state index in [2.05, 4.69) is 30.6 Å². The molecule has 0 spiro atoms. The Labute approximate surface area is 133 Å². The Morgan fingerprint density at radius 3 is 3.13 bits per heavy atom. The predicted octanol–water partition coefficient (Wildman–Crippen LogP) is 1.15. The number of hydrogen-bond donors (Lipinski definition) is 4. The molecule has 4 heterocycles. The fraction of sp³-hybridized carbons (Fsp3) is 0.312. The van der Waals surface area contributed by atoms with Gasteiger partial charge in [-0.15, -0.1) is 0 Å². The molecule has 7 nitrogen and oxygen atoms in total. The van der Waals surface area contributed by atoms with Crippen molar-refractivity contribution < 1.29 is 5.11 Å². The van der Waals surface area contributed by atoms with Gasteiger partial charge in [-0.2, -0.15) is 0 Å². The number of aliphatic hydroxyl groups excluding tert-OH is 1. The van der Waals surface area contributed by atoms with E-state index in [1.54, 1.807) is 12.4 Å². The van der Waals surface area contributed by atoms with Crippen LogP contribution in [-0.2, 0) is 0 Å². The maximum atomic E-state index is 10.1. The van der Waals surface area contributed by atoms with Crippen LogP contribution in [0.4, 0.5) is 5.82 Å². The van der Waals surface area contributed by atoms with Gasteiger partial charge >= 0.3 is 0 Å². The summed E-state index contributed by atoms with van der Waals surface area (Å²) in [5, 5.41) is 16.8. The second-order valence-corrected chi connectivity index (χ2v) is 5.68. The molecule has 0 aliphatic carbocycles. The number of aliphatic hydroxyl groups is 1.